The third-order valence-corrected chi connectivity index (χ3v) is 3.91. The van der Waals surface area contributed by atoms with Crippen molar-refractivity contribution in [2.75, 3.05) is 18.5 Å². The Morgan fingerprint density at radius 2 is 2.10 bits per heavy atom. The van der Waals surface area contributed by atoms with Crippen molar-refractivity contribution in [2.45, 2.75) is 18.9 Å². The third kappa shape index (κ3) is 4.41. The Morgan fingerprint density at radius 3 is 2.70 bits per heavy atom. The van der Waals surface area contributed by atoms with Gasteiger partial charge in [0.1, 0.15) is 5.82 Å². The van der Waals surface area contributed by atoms with Gasteiger partial charge in [-0.2, -0.15) is 0 Å². The molecule has 1 heterocycles. The molecule has 1 atom stereocenters. The van der Waals surface area contributed by atoms with Crippen molar-refractivity contribution in [1.29, 1.82) is 0 Å². The fraction of sp³-hybridized carbons (Fsp3) is 0.462. The van der Waals surface area contributed by atoms with E-state index in [0.29, 0.717) is 23.4 Å². The molecule has 1 saturated heterocycles. The minimum absolute atomic E-state index is 0. The minimum Gasteiger partial charge on any atom is -0.381 e. The van der Waals surface area contributed by atoms with Gasteiger partial charge >= 0.3 is 0 Å². The number of hydrogen-bond donors (Lipinski definition) is 2. The van der Waals surface area contributed by atoms with E-state index < -0.39 is 11.9 Å². The Labute approximate surface area is 131 Å². The lowest BCUT2D eigenvalue weighted by Crippen LogP contribution is -2.44. The average Bonchev–Trinajstić information content (AvgIpc) is 2.43. The van der Waals surface area contributed by atoms with Crippen LogP contribution < -0.4 is 11.1 Å². The molecule has 3 N–H and O–H groups in total. The largest absolute Gasteiger partial charge is 0.381 e. The number of anilines is 1. The van der Waals surface area contributed by atoms with Crippen LogP contribution in [-0.4, -0.2) is 25.2 Å². The second kappa shape index (κ2) is 7.93. The van der Waals surface area contributed by atoms with Gasteiger partial charge in [-0.25, -0.2) is 4.39 Å². The molecule has 0 spiro atoms. The zero-order chi connectivity index (χ0) is 13.8. The van der Waals surface area contributed by atoms with Crippen molar-refractivity contribution in [3.05, 3.63) is 28.5 Å². The molecule has 0 radical (unpaired) electrons. The van der Waals surface area contributed by atoms with Crippen LogP contribution in [0.5, 0.6) is 0 Å². The lowest BCUT2D eigenvalue weighted by atomic mass is 9.92. The summed E-state index contributed by atoms with van der Waals surface area (Å²) in [6.45, 7) is 1.27. The van der Waals surface area contributed by atoms with Gasteiger partial charge in [-0.15, -0.1) is 12.4 Å². The highest BCUT2D eigenvalue weighted by atomic mass is 79.9. The quantitative estimate of drug-likeness (QED) is 0.863. The van der Waals surface area contributed by atoms with Gasteiger partial charge in [-0.1, -0.05) is 0 Å². The summed E-state index contributed by atoms with van der Waals surface area (Å²) >= 11 is 3.06. The third-order valence-electron chi connectivity index (χ3n) is 3.26. The maximum Gasteiger partial charge on any atom is 0.241 e. The van der Waals surface area contributed by atoms with E-state index in [0.717, 1.165) is 12.8 Å². The predicted molar refractivity (Wildman–Crippen MR) is 81.5 cm³/mol. The maximum atomic E-state index is 13.3. The summed E-state index contributed by atoms with van der Waals surface area (Å²) in [5.74, 6) is -0.583. The highest BCUT2D eigenvalue weighted by molar-refractivity contribution is 9.10. The van der Waals surface area contributed by atoms with E-state index in [2.05, 4.69) is 21.2 Å². The smallest absolute Gasteiger partial charge is 0.241 e. The van der Waals surface area contributed by atoms with Gasteiger partial charge in [-0.3, -0.25) is 4.79 Å². The average molecular weight is 368 g/mol. The maximum absolute atomic E-state index is 13.3. The lowest BCUT2D eigenvalue weighted by molar-refractivity contribution is -0.119. The summed E-state index contributed by atoms with van der Waals surface area (Å²) in [5.41, 5.74) is 6.35. The molecule has 4 nitrogen and oxygen atoms in total. The first-order valence-corrected chi connectivity index (χ1v) is 6.96. The van der Waals surface area contributed by atoms with E-state index in [1.807, 2.05) is 0 Å². The van der Waals surface area contributed by atoms with Gasteiger partial charge in [-0.05, 0) is 52.9 Å². The first-order chi connectivity index (χ1) is 9.08. The molecule has 1 aliphatic rings. The summed E-state index contributed by atoms with van der Waals surface area (Å²) in [6.07, 6.45) is 1.56. The molecule has 1 aromatic carbocycles. The number of carbonyl (C=O) groups is 1. The second-order valence-corrected chi connectivity index (χ2v) is 5.45. The first kappa shape index (κ1) is 17.4. The van der Waals surface area contributed by atoms with Gasteiger partial charge in [0.05, 0.1) is 10.5 Å². The van der Waals surface area contributed by atoms with E-state index in [-0.39, 0.29) is 24.2 Å². The van der Waals surface area contributed by atoms with Crippen molar-refractivity contribution in [2.24, 2.45) is 11.7 Å². The molecule has 0 aromatic heterocycles. The topological polar surface area (TPSA) is 64.4 Å². The van der Waals surface area contributed by atoms with E-state index in [9.17, 15) is 9.18 Å². The summed E-state index contributed by atoms with van der Waals surface area (Å²) in [6, 6.07) is 3.85. The monoisotopic (exact) mass is 366 g/mol. The fourth-order valence-corrected chi connectivity index (χ4v) is 2.34. The normalized spacial score (nSPS) is 17.1. The fourth-order valence-electron chi connectivity index (χ4n) is 2.09. The van der Waals surface area contributed by atoms with E-state index in [1.54, 1.807) is 12.1 Å². The molecule has 20 heavy (non-hydrogen) atoms. The van der Waals surface area contributed by atoms with Gasteiger partial charge in [0.2, 0.25) is 5.91 Å². The molecule has 1 unspecified atom stereocenters. The Bertz CT molecular complexity index is 470. The number of amides is 1. The molecule has 0 aliphatic carbocycles. The number of ether oxygens (including phenoxy) is 1. The van der Waals surface area contributed by atoms with Crippen LogP contribution >= 0.6 is 28.3 Å². The first-order valence-electron chi connectivity index (χ1n) is 6.17. The Morgan fingerprint density at radius 1 is 1.45 bits per heavy atom. The lowest BCUT2D eigenvalue weighted by Gasteiger charge is -2.26. The van der Waals surface area contributed by atoms with Crippen LogP contribution in [0.1, 0.15) is 12.8 Å². The second-order valence-electron chi connectivity index (χ2n) is 4.59. The zero-order valence-corrected chi connectivity index (χ0v) is 13.2. The number of halogens is 3. The summed E-state index contributed by atoms with van der Waals surface area (Å²) < 4.78 is 18.9. The zero-order valence-electron chi connectivity index (χ0n) is 10.8. The van der Waals surface area contributed by atoms with E-state index in [1.165, 1.54) is 6.07 Å². The van der Waals surface area contributed by atoms with Gasteiger partial charge in [0, 0.05) is 18.9 Å². The highest BCUT2D eigenvalue weighted by Crippen LogP contribution is 2.21. The number of carbonyl (C=O) groups excluding carboxylic acids is 1. The Balaban J connectivity index is 0.00000200. The number of hydrogen-bond acceptors (Lipinski definition) is 3. The molecule has 2 rings (SSSR count). The molecule has 1 amide bonds. The summed E-state index contributed by atoms with van der Waals surface area (Å²) in [7, 11) is 0. The van der Waals surface area contributed by atoms with Crippen LogP contribution in [0.15, 0.2) is 22.7 Å². The number of rotatable bonds is 3. The van der Waals surface area contributed by atoms with Crippen molar-refractivity contribution in [3.8, 4) is 0 Å². The van der Waals surface area contributed by atoms with Crippen LogP contribution in [-0.2, 0) is 9.53 Å². The van der Waals surface area contributed by atoms with E-state index >= 15 is 0 Å². The molecular weight excluding hydrogens is 351 g/mol. The molecule has 1 fully saturated rings. The van der Waals surface area contributed by atoms with Crippen molar-refractivity contribution in [1.82, 2.24) is 0 Å². The number of benzene rings is 1. The highest BCUT2D eigenvalue weighted by Gasteiger charge is 2.26. The van der Waals surface area contributed by atoms with Gasteiger partial charge in [0.25, 0.3) is 0 Å². The SMILES string of the molecule is Cl.NC(C(=O)Nc1ccc(Br)c(F)c1)C1CCOCC1. The van der Waals surface area contributed by atoms with Crippen LogP contribution in [0.4, 0.5) is 10.1 Å². The predicted octanol–water partition coefficient (Wildman–Crippen LogP) is 2.70. The van der Waals surface area contributed by atoms with Crippen molar-refractivity contribution in [3.63, 3.8) is 0 Å². The van der Waals surface area contributed by atoms with Gasteiger partial charge in [0.15, 0.2) is 0 Å². The standard InChI is InChI=1S/C13H16BrFN2O2.ClH/c14-10-2-1-9(7-11(10)15)17-13(18)12(16)8-3-5-19-6-4-8;/h1-2,7-8,12H,3-6,16H2,(H,17,18);1H. The molecule has 112 valence electrons. The number of nitrogens with one attached hydrogen (secondary N) is 1. The Hall–Kier alpha value is -0.690. The number of nitrogens with two attached hydrogens (primary N) is 1. The van der Waals surface area contributed by atoms with E-state index in [4.69, 9.17) is 10.5 Å². The molecule has 0 bridgehead atoms. The molecular formula is C13H17BrClFN2O2. The van der Waals surface area contributed by atoms with Crippen LogP contribution in [0, 0.1) is 11.7 Å². The van der Waals surface area contributed by atoms with Crippen molar-refractivity contribution >= 4 is 39.9 Å². The molecule has 1 aliphatic heterocycles. The molecule has 7 heteroatoms. The summed E-state index contributed by atoms with van der Waals surface area (Å²) in [4.78, 5) is 12.0. The van der Waals surface area contributed by atoms with Crippen LogP contribution in [0.2, 0.25) is 0 Å². The molecule has 1 aromatic rings. The van der Waals surface area contributed by atoms with Crippen LogP contribution in [0.3, 0.4) is 0 Å². The van der Waals surface area contributed by atoms with Gasteiger partial charge < -0.3 is 15.8 Å². The van der Waals surface area contributed by atoms with Crippen LogP contribution in [0.25, 0.3) is 0 Å². The Kier molecular flexibility index (Phi) is 6.88. The molecule has 0 saturated carbocycles. The minimum atomic E-state index is -0.587. The van der Waals surface area contributed by atoms with Crippen molar-refractivity contribution < 1.29 is 13.9 Å². The summed E-state index contributed by atoms with van der Waals surface area (Å²) in [5, 5.41) is 2.64.